The average Bonchev–Trinajstić information content (AvgIpc) is 3.21. The molecule has 3 rings (SSSR count). The van der Waals surface area contributed by atoms with Crippen LogP contribution in [0.1, 0.15) is 37.9 Å². The number of benzene rings is 1. The van der Waals surface area contributed by atoms with E-state index >= 15 is 0 Å². The number of hydrogen-bond donors (Lipinski definition) is 1. The second-order valence-electron chi connectivity index (χ2n) is 6.21. The zero-order chi connectivity index (χ0) is 19.6. The van der Waals surface area contributed by atoms with Gasteiger partial charge in [-0.2, -0.15) is 0 Å². The number of para-hydroxylation sites is 1. The van der Waals surface area contributed by atoms with Crippen LogP contribution < -0.4 is 5.32 Å². The van der Waals surface area contributed by atoms with Crippen LogP contribution in [0.3, 0.4) is 0 Å². The van der Waals surface area contributed by atoms with Gasteiger partial charge >= 0.3 is 5.97 Å². The van der Waals surface area contributed by atoms with Crippen molar-refractivity contribution in [1.82, 2.24) is 9.72 Å². The first-order chi connectivity index (χ1) is 12.9. The number of carbonyl (C=O) groups is 2. The molecule has 0 saturated carbocycles. The van der Waals surface area contributed by atoms with E-state index in [0.29, 0.717) is 28.4 Å². The van der Waals surface area contributed by atoms with Gasteiger partial charge in [0, 0.05) is 35.8 Å². The summed E-state index contributed by atoms with van der Waals surface area (Å²) in [7, 11) is 1.72. The molecule has 1 N–H and O–H groups in total. The van der Waals surface area contributed by atoms with Crippen LogP contribution in [-0.4, -0.2) is 35.1 Å². The Kier molecular flexibility index (Phi) is 5.12. The van der Waals surface area contributed by atoms with Crippen molar-refractivity contribution in [3.63, 3.8) is 0 Å². The van der Waals surface area contributed by atoms with E-state index in [-0.39, 0.29) is 12.4 Å². The Balaban J connectivity index is 1.76. The molecule has 0 bridgehead atoms. The number of nitrogens with one attached hydrogen (secondary N) is 1. The first-order valence-electron chi connectivity index (χ1n) is 8.52. The van der Waals surface area contributed by atoms with Crippen molar-refractivity contribution in [2.75, 3.05) is 19.0 Å². The lowest BCUT2D eigenvalue weighted by Crippen LogP contribution is -2.16. The predicted molar refractivity (Wildman–Crippen MR) is 101 cm³/mol. The van der Waals surface area contributed by atoms with Gasteiger partial charge in [-0.25, -0.2) is 4.79 Å². The number of esters is 1. The highest BCUT2D eigenvalue weighted by Crippen LogP contribution is 2.21. The number of rotatable bonds is 6. The molecule has 140 valence electrons. The second kappa shape index (κ2) is 7.49. The van der Waals surface area contributed by atoms with Crippen molar-refractivity contribution in [2.45, 2.75) is 20.8 Å². The molecule has 1 aromatic carbocycles. The van der Waals surface area contributed by atoms with Gasteiger partial charge in [-0.3, -0.25) is 9.36 Å². The lowest BCUT2D eigenvalue weighted by Gasteiger charge is -2.09. The van der Waals surface area contributed by atoms with Gasteiger partial charge < -0.3 is 14.6 Å². The minimum absolute atomic E-state index is 0.273. The monoisotopic (exact) mass is 367 g/mol. The summed E-state index contributed by atoms with van der Waals surface area (Å²) in [5.74, 6) is 0.475. The molecule has 7 heteroatoms. The van der Waals surface area contributed by atoms with E-state index in [2.05, 4.69) is 10.5 Å². The van der Waals surface area contributed by atoms with E-state index in [4.69, 9.17) is 9.26 Å². The third kappa shape index (κ3) is 3.62. The molecule has 0 aliphatic rings. The number of aryl methyl sites for hydroxylation is 2. The molecule has 7 nitrogen and oxygen atoms in total. The number of nitrogens with zero attached hydrogens (tertiary/aromatic N) is 2. The zero-order valence-electron chi connectivity index (χ0n) is 15.7. The smallest absolute Gasteiger partial charge is 0.340 e. The van der Waals surface area contributed by atoms with E-state index in [9.17, 15) is 9.59 Å². The SMILES string of the molecule is CNc1ccccc1C(=O)OCC(=O)c1cc(C)n(-c2cc(C)on2)c1C. The fourth-order valence-corrected chi connectivity index (χ4v) is 3.02. The first-order valence-corrected chi connectivity index (χ1v) is 8.52. The number of anilines is 1. The normalized spacial score (nSPS) is 10.7. The van der Waals surface area contributed by atoms with Crippen LogP contribution in [-0.2, 0) is 4.74 Å². The lowest BCUT2D eigenvalue weighted by molar-refractivity contribution is 0.0475. The Morgan fingerprint density at radius 3 is 2.56 bits per heavy atom. The van der Waals surface area contributed by atoms with Gasteiger partial charge in [0.25, 0.3) is 0 Å². The van der Waals surface area contributed by atoms with Gasteiger partial charge in [0.05, 0.1) is 5.56 Å². The van der Waals surface area contributed by atoms with Crippen molar-refractivity contribution in [3.8, 4) is 5.82 Å². The summed E-state index contributed by atoms with van der Waals surface area (Å²) < 4.78 is 12.2. The van der Waals surface area contributed by atoms with E-state index < -0.39 is 5.97 Å². The molecule has 0 amide bonds. The molecule has 0 spiro atoms. The molecule has 0 atom stereocenters. The standard InChI is InChI=1S/C20H21N3O4/c1-12-9-16(14(3)23(12)19-10-13(2)27-22-19)18(24)11-26-20(25)15-7-5-6-8-17(15)21-4/h5-10,21H,11H2,1-4H3. The molecular weight excluding hydrogens is 346 g/mol. The number of ether oxygens (including phenoxy) is 1. The molecule has 27 heavy (non-hydrogen) atoms. The highest BCUT2D eigenvalue weighted by molar-refractivity contribution is 6.01. The maximum atomic E-state index is 12.6. The quantitative estimate of drug-likeness (QED) is 0.530. The Labute approximate surface area is 156 Å². The van der Waals surface area contributed by atoms with E-state index in [1.54, 1.807) is 44.3 Å². The highest BCUT2D eigenvalue weighted by Gasteiger charge is 2.20. The summed E-state index contributed by atoms with van der Waals surface area (Å²) in [6.45, 7) is 5.17. The Bertz CT molecular complexity index is 1000. The second-order valence-corrected chi connectivity index (χ2v) is 6.21. The molecular formula is C20H21N3O4. The molecule has 0 aliphatic heterocycles. The molecule has 0 fully saturated rings. The molecule has 2 heterocycles. The van der Waals surface area contributed by atoms with Crippen molar-refractivity contribution in [1.29, 1.82) is 0 Å². The summed E-state index contributed by atoms with van der Waals surface area (Å²) in [6.07, 6.45) is 0. The third-order valence-corrected chi connectivity index (χ3v) is 4.33. The molecule has 0 radical (unpaired) electrons. The number of carbonyl (C=O) groups excluding carboxylic acids is 2. The van der Waals surface area contributed by atoms with Crippen molar-refractivity contribution in [3.05, 3.63) is 64.7 Å². The number of ketones is 1. The largest absolute Gasteiger partial charge is 0.454 e. The fraction of sp³-hybridized carbons (Fsp3) is 0.250. The summed E-state index contributed by atoms with van der Waals surface area (Å²) >= 11 is 0. The van der Waals surface area contributed by atoms with Crippen molar-refractivity contribution >= 4 is 17.4 Å². The van der Waals surface area contributed by atoms with Crippen LogP contribution in [0.5, 0.6) is 0 Å². The van der Waals surface area contributed by atoms with Crippen molar-refractivity contribution < 1.29 is 18.8 Å². The Hall–Kier alpha value is -3.35. The van der Waals surface area contributed by atoms with Gasteiger partial charge in [0.2, 0.25) is 5.78 Å². The van der Waals surface area contributed by atoms with Gasteiger partial charge in [-0.05, 0) is 39.0 Å². The van der Waals surface area contributed by atoms with E-state index in [0.717, 1.165) is 11.4 Å². The van der Waals surface area contributed by atoms with Crippen LogP contribution in [0.25, 0.3) is 5.82 Å². The first kappa shape index (κ1) is 18.4. The van der Waals surface area contributed by atoms with E-state index in [1.807, 2.05) is 24.5 Å². The summed E-state index contributed by atoms with van der Waals surface area (Å²) in [5, 5.41) is 6.93. The van der Waals surface area contributed by atoms with Gasteiger partial charge in [-0.15, -0.1) is 0 Å². The van der Waals surface area contributed by atoms with Crippen molar-refractivity contribution in [2.24, 2.45) is 0 Å². The topological polar surface area (TPSA) is 86.4 Å². The van der Waals surface area contributed by atoms with Crippen LogP contribution in [0.2, 0.25) is 0 Å². The van der Waals surface area contributed by atoms with Crippen LogP contribution in [0, 0.1) is 20.8 Å². The Morgan fingerprint density at radius 2 is 1.89 bits per heavy atom. The predicted octanol–water partition coefficient (Wildman–Crippen LogP) is 3.47. The molecule has 0 saturated heterocycles. The van der Waals surface area contributed by atoms with Gasteiger partial charge in [0.1, 0.15) is 5.76 Å². The minimum atomic E-state index is -0.547. The molecule has 0 unspecified atom stereocenters. The van der Waals surface area contributed by atoms with Gasteiger partial charge in [-0.1, -0.05) is 17.3 Å². The fourth-order valence-electron chi connectivity index (χ4n) is 3.02. The maximum Gasteiger partial charge on any atom is 0.340 e. The molecule has 2 aromatic heterocycles. The van der Waals surface area contributed by atoms with Gasteiger partial charge in [0.15, 0.2) is 12.4 Å². The molecule has 3 aromatic rings. The minimum Gasteiger partial charge on any atom is -0.454 e. The summed E-state index contributed by atoms with van der Waals surface area (Å²) in [6, 6.07) is 10.5. The summed E-state index contributed by atoms with van der Waals surface area (Å²) in [4.78, 5) is 24.9. The summed E-state index contributed by atoms with van der Waals surface area (Å²) in [5.41, 5.74) is 3.09. The third-order valence-electron chi connectivity index (χ3n) is 4.33. The van der Waals surface area contributed by atoms with E-state index in [1.165, 1.54) is 0 Å². The number of hydrogen-bond acceptors (Lipinski definition) is 6. The number of Topliss-reactive ketones (excluding diaryl/α,β-unsaturated/α-hetero) is 1. The average molecular weight is 367 g/mol. The molecule has 0 aliphatic carbocycles. The Morgan fingerprint density at radius 1 is 1.15 bits per heavy atom. The highest BCUT2D eigenvalue weighted by atomic mass is 16.5. The van der Waals surface area contributed by atoms with Crippen LogP contribution >= 0.6 is 0 Å². The zero-order valence-corrected chi connectivity index (χ0v) is 15.7. The maximum absolute atomic E-state index is 12.6. The number of aromatic nitrogens is 2. The van der Waals surface area contributed by atoms with Crippen LogP contribution in [0.15, 0.2) is 40.9 Å². The lowest BCUT2D eigenvalue weighted by atomic mass is 10.1. The van der Waals surface area contributed by atoms with Crippen LogP contribution in [0.4, 0.5) is 5.69 Å².